The van der Waals surface area contributed by atoms with Crippen molar-refractivity contribution < 1.29 is 24.2 Å². The van der Waals surface area contributed by atoms with Gasteiger partial charge in [0.25, 0.3) is 0 Å². The number of aliphatic carboxylic acids is 1. The average molecular weight is 269 g/mol. The van der Waals surface area contributed by atoms with Crippen molar-refractivity contribution in [3.8, 4) is 5.75 Å². The van der Waals surface area contributed by atoms with Gasteiger partial charge in [-0.25, -0.2) is 0 Å². The molecule has 0 saturated heterocycles. The highest BCUT2D eigenvalue weighted by Crippen LogP contribution is 2.13. The van der Waals surface area contributed by atoms with Gasteiger partial charge in [0.2, 0.25) is 0 Å². The number of carboxylic acid groups (broad SMARTS) is 1. The molecule has 0 aliphatic heterocycles. The van der Waals surface area contributed by atoms with Gasteiger partial charge >= 0.3 is 5.97 Å². The van der Waals surface area contributed by atoms with Crippen molar-refractivity contribution in [3.63, 3.8) is 0 Å². The minimum Gasteiger partial charge on any atom is -0.491 e. The molecule has 6 nitrogen and oxygen atoms in total. The van der Waals surface area contributed by atoms with Crippen LogP contribution in [0.15, 0.2) is 24.3 Å². The summed E-state index contributed by atoms with van der Waals surface area (Å²) in [5.74, 6) is -0.227. The highest BCUT2D eigenvalue weighted by atomic mass is 16.6. The lowest BCUT2D eigenvalue weighted by atomic mass is 10.1. The van der Waals surface area contributed by atoms with E-state index in [1.54, 1.807) is 19.2 Å². The fourth-order valence-electron chi connectivity index (χ4n) is 1.52. The summed E-state index contributed by atoms with van der Waals surface area (Å²) >= 11 is 0. The number of carbonyl (C=O) groups is 1. The van der Waals surface area contributed by atoms with Crippen LogP contribution < -0.4 is 10.2 Å². The van der Waals surface area contributed by atoms with Crippen molar-refractivity contribution >= 4 is 5.97 Å². The molecule has 0 unspecified atom stereocenters. The quantitative estimate of drug-likeness (QED) is 0.511. The van der Waals surface area contributed by atoms with E-state index < -0.39 is 12.0 Å². The topological polar surface area (TPSA) is 77.0 Å². The Morgan fingerprint density at radius 2 is 1.95 bits per heavy atom. The Kier molecular flexibility index (Phi) is 6.88. The molecule has 0 aromatic heterocycles. The Bertz CT molecular complexity index is 379. The molecule has 0 heterocycles. The smallest absolute Gasteiger partial charge is 0.323 e. The SMILES string of the molecule is COCCOc1ccc(C[C@H](NOC)C(=O)O)cc1. The summed E-state index contributed by atoms with van der Waals surface area (Å²) < 4.78 is 10.3. The first-order valence-corrected chi connectivity index (χ1v) is 5.89. The van der Waals surface area contributed by atoms with Gasteiger partial charge in [0.1, 0.15) is 18.4 Å². The minimum atomic E-state index is -0.956. The Morgan fingerprint density at radius 3 is 2.47 bits per heavy atom. The molecule has 0 bridgehead atoms. The van der Waals surface area contributed by atoms with Gasteiger partial charge in [-0.3, -0.25) is 4.79 Å². The number of nitrogens with one attached hydrogen (secondary N) is 1. The first-order valence-electron chi connectivity index (χ1n) is 5.89. The van der Waals surface area contributed by atoms with E-state index in [4.69, 9.17) is 14.6 Å². The molecule has 6 heteroatoms. The van der Waals surface area contributed by atoms with Crippen LogP contribution in [-0.4, -0.2) is 44.6 Å². The Morgan fingerprint density at radius 1 is 1.26 bits per heavy atom. The predicted octanol–water partition coefficient (Wildman–Crippen LogP) is 0.858. The summed E-state index contributed by atoms with van der Waals surface area (Å²) in [5.41, 5.74) is 3.32. The summed E-state index contributed by atoms with van der Waals surface area (Å²) in [7, 11) is 3.00. The van der Waals surface area contributed by atoms with Crippen LogP contribution >= 0.6 is 0 Å². The van der Waals surface area contributed by atoms with Crippen LogP contribution in [-0.2, 0) is 20.8 Å². The lowest BCUT2D eigenvalue weighted by Crippen LogP contribution is -2.37. The maximum Gasteiger partial charge on any atom is 0.323 e. The molecule has 1 rings (SSSR count). The summed E-state index contributed by atoms with van der Waals surface area (Å²) in [6.07, 6.45) is 0.335. The number of methoxy groups -OCH3 is 1. The van der Waals surface area contributed by atoms with Gasteiger partial charge in [0.15, 0.2) is 0 Å². The van der Waals surface area contributed by atoms with E-state index in [1.165, 1.54) is 7.11 Å². The highest BCUT2D eigenvalue weighted by molar-refractivity contribution is 5.73. The third-order valence-corrected chi connectivity index (χ3v) is 2.48. The third-order valence-electron chi connectivity index (χ3n) is 2.48. The summed E-state index contributed by atoms with van der Waals surface area (Å²) in [6, 6.07) is 6.49. The Balaban J connectivity index is 2.52. The van der Waals surface area contributed by atoms with Crippen molar-refractivity contribution in [2.75, 3.05) is 27.4 Å². The third kappa shape index (κ3) is 5.69. The van der Waals surface area contributed by atoms with E-state index in [0.717, 1.165) is 11.3 Å². The second kappa shape index (κ2) is 8.47. The lowest BCUT2D eigenvalue weighted by Gasteiger charge is -2.13. The van der Waals surface area contributed by atoms with E-state index >= 15 is 0 Å². The molecule has 19 heavy (non-hydrogen) atoms. The van der Waals surface area contributed by atoms with Crippen LogP contribution in [0.1, 0.15) is 5.56 Å². The van der Waals surface area contributed by atoms with Crippen molar-refractivity contribution in [1.29, 1.82) is 0 Å². The lowest BCUT2D eigenvalue weighted by molar-refractivity contribution is -0.143. The summed E-state index contributed by atoms with van der Waals surface area (Å²) in [6.45, 7) is 1.01. The zero-order chi connectivity index (χ0) is 14.1. The second-order valence-corrected chi connectivity index (χ2v) is 3.90. The largest absolute Gasteiger partial charge is 0.491 e. The molecule has 2 N–H and O–H groups in total. The van der Waals surface area contributed by atoms with E-state index in [0.29, 0.717) is 19.6 Å². The summed E-state index contributed by atoms with van der Waals surface area (Å²) in [5, 5.41) is 8.98. The van der Waals surface area contributed by atoms with E-state index in [9.17, 15) is 4.79 Å². The zero-order valence-corrected chi connectivity index (χ0v) is 11.1. The molecule has 1 atom stereocenters. The first-order chi connectivity index (χ1) is 9.17. The van der Waals surface area contributed by atoms with Crippen molar-refractivity contribution in [2.24, 2.45) is 0 Å². The highest BCUT2D eigenvalue weighted by Gasteiger charge is 2.17. The Hall–Kier alpha value is -1.63. The molecule has 0 radical (unpaired) electrons. The Labute approximate surface area is 112 Å². The molecule has 0 saturated carbocycles. The number of benzene rings is 1. The molecule has 106 valence electrons. The molecular weight excluding hydrogens is 250 g/mol. The van der Waals surface area contributed by atoms with Crippen LogP contribution in [0, 0.1) is 0 Å². The molecule has 1 aromatic carbocycles. The first kappa shape index (κ1) is 15.4. The van der Waals surface area contributed by atoms with Crippen LogP contribution in [0.25, 0.3) is 0 Å². The monoisotopic (exact) mass is 269 g/mol. The fraction of sp³-hybridized carbons (Fsp3) is 0.462. The molecule has 0 amide bonds. The van der Waals surface area contributed by atoms with Gasteiger partial charge < -0.3 is 19.4 Å². The van der Waals surface area contributed by atoms with Crippen LogP contribution in [0.4, 0.5) is 0 Å². The van der Waals surface area contributed by atoms with Gasteiger partial charge in [-0.2, -0.15) is 5.48 Å². The number of carboxylic acids is 1. The molecule has 0 spiro atoms. The van der Waals surface area contributed by atoms with Crippen LogP contribution in [0.2, 0.25) is 0 Å². The molecule has 0 fully saturated rings. The van der Waals surface area contributed by atoms with Gasteiger partial charge in [-0.1, -0.05) is 12.1 Å². The number of hydroxylamine groups is 1. The maximum atomic E-state index is 11.0. The molecular formula is C13H19NO5. The van der Waals surface area contributed by atoms with Gasteiger partial charge in [-0.05, 0) is 17.7 Å². The minimum absolute atomic E-state index is 0.335. The van der Waals surface area contributed by atoms with Crippen LogP contribution in [0.3, 0.4) is 0 Å². The fourth-order valence-corrected chi connectivity index (χ4v) is 1.52. The van der Waals surface area contributed by atoms with E-state index in [2.05, 4.69) is 10.3 Å². The summed E-state index contributed by atoms with van der Waals surface area (Å²) in [4.78, 5) is 15.6. The number of hydrogen-bond donors (Lipinski definition) is 2. The van der Waals surface area contributed by atoms with Gasteiger partial charge in [-0.15, -0.1) is 0 Å². The van der Waals surface area contributed by atoms with Gasteiger partial charge in [0, 0.05) is 13.5 Å². The van der Waals surface area contributed by atoms with Gasteiger partial charge in [0.05, 0.1) is 13.7 Å². The van der Waals surface area contributed by atoms with Crippen molar-refractivity contribution in [1.82, 2.24) is 5.48 Å². The van der Waals surface area contributed by atoms with Crippen molar-refractivity contribution in [3.05, 3.63) is 29.8 Å². The van der Waals surface area contributed by atoms with Crippen molar-refractivity contribution in [2.45, 2.75) is 12.5 Å². The molecule has 0 aliphatic rings. The predicted molar refractivity (Wildman–Crippen MR) is 69.1 cm³/mol. The number of hydrogen-bond acceptors (Lipinski definition) is 5. The van der Waals surface area contributed by atoms with E-state index in [1.807, 2.05) is 12.1 Å². The van der Waals surface area contributed by atoms with Crippen LogP contribution in [0.5, 0.6) is 5.75 Å². The molecule has 0 aliphatic carbocycles. The standard InChI is InChI=1S/C13H19NO5/c1-17-7-8-19-11-5-3-10(4-6-11)9-12(13(15)16)14-18-2/h3-6,12,14H,7-9H2,1-2H3,(H,15,16)/t12-/m0/s1. The second-order valence-electron chi connectivity index (χ2n) is 3.90. The number of ether oxygens (including phenoxy) is 2. The number of rotatable bonds is 9. The molecule has 1 aromatic rings. The maximum absolute atomic E-state index is 11.0. The zero-order valence-electron chi connectivity index (χ0n) is 11.1. The normalized spacial score (nSPS) is 12.1. The average Bonchev–Trinajstić information content (AvgIpc) is 2.40. The van der Waals surface area contributed by atoms with E-state index in [-0.39, 0.29) is 0 Å².